The summed E-state index contributed by atoms with van der Waals surface area (Å²) in [4.78, 5) is 62.2. The van der Waals surface area contributed by atoms with Crippen LogP contribution in [0.15, 0.2) is 60.8 Å². The minimum absolute atomic E-state index is 0.0387. The molecule has 0 unspecified atom stereocenters. The lowest BCUT2D eigenvalue weighted by molar-refractivity contribution is -0.154. The number of aliphatic carboxylic acids is 1. The maximum atomic E-state index is 13.0. The number of benzene rings is 2. The molecule has 2 aliphatic carbocycles. The van der Waals surface area contributed by atoms with Crippen LogP contribution >= 0.6 is 11.6 Å². The second-order valence-electron chi connectivity index (χ2n) is 14.0. The zero-order valence-electron chi connectivity index (χ0n) is 30.7. The zero-order chi connectivity index (χ0) is 40.8. The summed E-state index contributed by atoms with van der Waals surface area (Å²) >= 11 is 6.03. The first kappa shape index (κ1) is 40.7. The van der Waals surface area contributed by atoms with Gasteiger partial charge in [0.05, 0.1) is 5.54 Å². The molecule has 1 atom stereocenters. The monoisotopic (exact) mass is 812 g/mol. The molecular weight excluding hydrogens is 773 g/mol. The number of aryl methyl sites for hydroxylation is 1. The molecule has 3 amide bonds. The van der Waals surface area contributed by atoms with Gasteiger partial charge in [-0.15, -0.1) is 0 Å². The molecule has 16 nitrogen and oxygen atoms in total. The molecule has 2 fully saturated rings. The van der Waals surface area contributed by atoms with Crippen molar-refractivity contribution >= 4 is 52.9 Å². The maximum Gasteiger partial charge on any atom is 0.422 e. The second kappa shape index (κ2) is 17.0. The number of ether oxygens (including phenoxy) is 1. The number of alkyl halides is 3. The largest absolute Gasteiger partial charge is 0.480 e. The third kappa shape index (κ3) is 11.1. The Balaban J connectivity index is 1.01. The molecule has 0 spiro atoms. The summed E-state index contributed by atoms with van der Waals surface area (Å²) in [6.45, 7) is 1.11. The molecule has 6 N–H and O–H groups in total. The van der Waals surface area contributed by atoms with E-state index < -0.39 is 54.1 Å². The van der Waals surface area contributed by atoms with Gasteiger partial charge in [0.25, 0.3) is 5.91 Å². The molecule has 0 aliphatic heterocycles. The fourth-order valence-corrected chi connectivity index (χ4v) is 6.18. The van der Waals surface area contributed by atoms with E-state index in [0.29, 0.717) is 36.6 Å². The molecule has 20 heteroatoms. The third-order valence-electron chi connectivity index (χ3n) is 9.64. The van der Waals surface area contributed by atoms with Crippen molar-refractivity contribution in [3.8, 4) is 6.01 Å². The molecule has 2 aliphatic rings. The summed E-state index contributed by atoms with van der Waals surface area (Å²) in [5, 5.41) is 28.1. The van der Waals surface area contributed by atoms with Gasteiger partial charge in [-0.05, 0) is 86.6 Å². The third-order valence-corrected chi connectivity index (χ3v) is 9.89. The van der Waals surface area contributed by atoms with Crippen LogP contribution in [0.1, 0.15) is 60.6 Å². The first-order valence-electron chi connectivity index (χ1n) is 18.1. The van der Waals surface area contributed by atoms with E-state index in [-0.39, 0.29) is 35.8 Å². The van der Waals surface area contributed by atoms with Gasteiger partial charge in [0, 0.05) is 53.2 Å². The number of nitrogens with zero attached hydrogens (tertiary/aromatic N) is 5. The SMILES string of the molecule is CCc1ccnn1CC1(CNC(=O)C(=O)NCC[C@H](NC(=O)c2ccc(Nc3nc(NC4(c5ccc(Cl)cc5)CC4)nc(OCC(F)(F)F)n3)cc2)C(=O)O)CC1. The fraction of sp³-hybridized carbons (Fsp3) is 0.405. The fourth-order valence-electron chi connectivity index (χ4n) is 6.05. The lowest BCUT2D eigenvalue weighted by Gasteiger charge is -2.19. The van der Waals surface area contributed by atoms with Gasteiger partial charge in [-0.3, -0.25) is 19.1 Å². The molecule has 57 heavy (non-hydrogen) atoms. The molecule has 2 aromatic carbocycles. The van der Waals surface area contributed by atoms with Gasteiger partial charge in [0.1, 0.15) is 6.04 Å². The lowest BCUT2D eigenvalue weighted by Crippen LogP contribution is -2.46. The zero-order valence-corrected chi connectivity index (χ0v) is 31.4. The van der Waals surface area contributed by atoms with Crippen LogP contribution in [0, 0.1) is 5.41 Å². The molecular formula is C37H40ClF3N10O6. The highest BCUT2D eigenvalue weighted by Gasteiger charge is 2.45. The van der Waals surface area contributed by atoms with Gasteiger partial charge >= 0.3 is 30.0 Å². The Morgan fingerprint density at radius 3 is 2.25 bits per heavy atom. The van der Waals surface area contributed by atoms with Gasteiger partial charge in [-0.25, -0.2) is 4.79 Å². The number of carboxylic acid groups (broad SMARTS) is 1. The number of rotatable bonds is 18. The molecule has 302 valence electrons. The average Bonchev–Trinajstić information content (AvgIpc) is 4.09. The Kier molecular flexibility index (Phi) is 12.2. The number of nitrogens with one attached hydrogen (secondary N) is 5. The van der Waals surface area contributed by atoms with Crippen LogP contribution in [0.25, 0.3) is 0 Å². The molecule has 0 bridgehead atoms. The van der Waals surface area contributed by atoms with Crippen LogP contribution in [0.2, 0.25) is 5.02 Å². The van der Waals surface area contributed by atoms with Crippen molar-refractivity contribution in [2.75, 3.05) is 30.3 Å². The topological polar surface area (TPSA) is 214 Å². The number of carbonyl (C=O) groups excluding carboxylic acids is 3. The van der Waals surface area contributed by atoms with Crippen LogP contribution in [0.3, 0.4) is 0 Å². The number of anilines is 3. The van der Waals surface area contributed by atoms with Gasteiger partial charge in [0.15, 0.2) is 6.61 Å². The smallest absolute Gasteiger partial charge is 0.422 e. The minimum Gasteiger partial charge on any atom is -0.480 e. The lowest BCUT2D eigenvalue weighted by atomic mass is 10.1. The standard InChI is InChI=1S/C37H40ClF3N10O6/c1-2-26-11-18-44-51(26)20-35(13-14-35)19-43-30(54)29(53)42-17-12-27(31(55)56)46-28(52)22-3-9-25(10-4-22)45-32-47-33(49-34(48-32)57-21-37(39,40)41)50-36(15-16-36)23-5-7-24(38)8-6-23/h3-11,18,27H,2,12-17,19-21H2,1H3,(H,42,53)(H,43,54)(H,46,52)(H,55,56)(H2,45,47,48,49,50)/t27-/m0/s1. The Morgan fingerprint density at radius 2 is 1.61 bits per heavy atom. The van der Waals surface area contributed by atoms with Crippen molar-refractivity contribution < 1.29 is 42.2 Å². The first-order chi connectivity index (χ1) is 27.1. The van der Waals surface area contributed by atoms with Crippen LogP contribution in [-0.2, 0) is 32.9 Å². The Morgan fingerprint density at radius 1 is 0.930 bits per heavy atom. The van der Waals surface area contributed by atoms with Gasteiger partial charge in [-0.1, -0.05) is 30.7 Å². The number of halogens is 4. The summed E-state index contributed by atoms with van der Waals surface area (Å²) in [6.07, 6.45) is 0.863. The van der Waals surface area contributed by atoms with E-state index in [1.165, 1.54) is 24.3 Å². The molecule has 0 saturated heterocycles. The van der Waals surface area contributed by atoms with Gasteiger partial charge in [0.2, 0.25) is 11.9 Å². The number of amides is 3. The highest BCUT2D eigenvalue weighted by atomic mass is 35.5. The van der Waals surface area contributed by atoms with E-state index in [2.05, 4.69) is 46.6 Å². The van der Waals surface area contributed by atoms with Crippen molar-refractivity contribution in [1.82, 2.24) is 40.7 Å². The predicted octanol–water partition coefficient (Wildman–Crippen LogP) is 4.36. The normalized spacial score (nSPS) is 15.5. The van der Waals surface area contributed by atoms with Crippen LogP contribution < -0.4 is 31.3 Å². The van der Waals surface area contributed by atoms with Crippen LogP contribution in [0.5, 0.6) is 6.01 Å². The number of carbonyl (C=O) groups is 4. The summed E-state index contributed by atoms with van der Waals surface area (Å²) < 4.78 is 45.6. The number of hydrogen-bond donors (Lipinski definition) is 6. The molecule has 4 aromatic rings. The quantitative estimate of drug-likeness (QED) is 0.0774. The number of carboxylic acids is 1. The van der Waals surface area contributed by atoms with Crippen molar-refractivity contribution in [2.45, 2.75) is 69.8 Å². The number of hydrogen-bond acceptors (Lipinski definition) is 11. The van der Waals surface area contributed by atoms with E-state index in [9.17, 15) is 37.5 Å². The van der Waals surface area contributed by atoms with Crippen molar-refractivity contribution in [3.05, 3.63) is 82.6 Å². The average molecular weight is 813 g/mol. The van der Waals surface area contributed by atoms with E-state index >= 15 is 0 Å². The summed E-state index contributed by atoms with van der Waals surface area (Å²) in [6, 6.07) is 12.7. The van der Waals surface area contributed by atoms with E-state index in [1.54, 1.807) is 18.3 Å². The van der Waals surface area contributed by atoms with E-state index in [4.69, 9.17) is 16.3 Å². The summed E-state index contributed by atoms with van der Waals surface area (Å²) in [5.41, 5.74) is 1.64. The maximum absolute atomic E-state index is 13.0. The van der Waals surface area contributed by atoms with E-state index in [0.717, 1.165) is 30.5 Å². The highest BCUT2D eigenvalue weighted by molar-refractivity contribution is 6.35. The molecule has 2 saturated carbocycles. The van der Waals surface area contributed by atoms with Gasteiger partial charge < -0.3 is 36.4 Å². The molecule has 0 radical (unpaired) electrons. The van der Waals surface area contributed by atoms with Gasteiger partial charge in [-0.2, -0.15) is 33.2 Å². The Hall–Kier alpha value is -5.98. The minimum atomic E-state index is -4.64. The number of aromatic nitrogens is 5. The second-order valence-corrected chi connectivity index (χ2v) is 14.4. The van der Waals surface area contributed by atoms with Crippen molar-refractivity contribution in [2.24, 2.45) is 5.41 Å². The molecule has 6 rings (SSSR count). The van der Waals surface area contributed by atoms with Crippen LogP contribution in [-0.4, -0.2) is 85.4 Å². The first-order valence-corrected chi connectivity index (χ1v) is 18.5. The highest BCUT2D eigenvalue weighted by Crippen LogP contribution is 2.48. The van der Waals surface area contributed by atoms with E-state index in [1.807, 2.05) is 29.8 Å². The Bertz CT molecular complexity index is 2090. The molecule has 2 aromatic heterocycles. The van der Waals surface area contributed by atoms with Crippen LogP contribution in [0.4, 0.5) is 30.8 Å². The summed E-state index contributed by atoms with van der Waals surface area (Å²) in [5.74, 6) is -4.05. The predicted molar refractivity (Wildman–Crippen MR) is 200 cm³/mol. The van der Waals surface area contributed by atoms with Crippen molar-refractivity contribution in [1.29, 1.82) is 0 Å². The Labute approximate surface area is 329 Å². The summed E-state index contributed by atoms with van der Waals surface area (Å²) in [7, 11) is 0. The molecule has 2 heterocycles. The van der Waals surface area contributed by atoms with Crippen molar-refractivity contribution in [3.63, 3.8) is 0 Å².